The molecule has 23 heavy (non-hydrogen) atoms. The Morgan fingerprint density at radius 1 is 1.00 bits per heavy atom. The fourth-order valence-corrected chi connectivity index (χ4v) is 2.66. The van der Waals surface area contributed by atoms with E-state index in [4.69, 9.17) is 0 Å². The second-order valence-corrected chi connectivity index (χ2v) is 5.19. The summed E-state index contributed by atoms with van der Waals surface area (Å²) in [7, 11) is 0. The van der Waals surface area contributed by atoms with Gasteiger partial charge in [-0.15, -0.1) is 0 Å². The lowest BCUT2D eigenvalue weighted by Crippen LogP contribution is -2.12. The van der Waals surface area contributed by atoms with Crippen molar-refractivity contribution in [3.8, 4) is 5.75 Å². The topological polar surface area (TPSA) is 66.6 Å². The van der Waals surface area contributed by atoms with Crippen LogP contribution in [-0.2, 0) is 0 Å². The number of nitrogens with zero attached hydrogens (tertiary/aromatic N) is 2. The Balaban J connectivity index is 1.88. The molecule has 0 aliphatic rings. The minimum Gasteiger partial charge on any atom is -0.507 e. The average molecular weight is 303 g/mol. The number of anilines is 1. The summed E-state index contributed by atoms with van der Waals surface area (Å²) in [6, 6.07) is 18.0. The molecular weight excluding hydrogens is 290 g/mol. The summed E-state index contributed by atoms with van der Waals surface area (Å²) in [6.07, 6.45) is 1.88. The largest absolute Gasteiger partial charge is 0.507 e. The molecule has 0 fully saturated rings. The van der Waals surface area contributed by atoms with Gasteiger partial charge in [0.1, 0.15) is 22.5 Å². The van der Waals surface area contributed by atoms with Crippen molar-refractivity contribution in [1.82, 2.24) is 9.38 Å². The van der Waals surface area contributed by atoms with Crippen molar-refractivity contribution in [3.05, 3.63) is 72.4 Å². The van der Waals surface area contributed by atoms with Crippen molar-refractivity contribution in [3.63, 3.8) is 0 Å². The zero-order valence-electron chi connectivity index (χ0n) is 12.1. The molecule has 0 unspecified atom stereocenters. The molecule has 112 valence electrons. The van der Waals surface area contributed by atoms with Gasteiger partial charge >= 0.3 is 0 Å². The second-order valence-electron chi connectivity index (χ2n) is 5.19. The highest BCUT2D eigenvalue weighted by molar-refractivity contribution is 6.14. The highest BCUT2D eigenvalue weighted by atomic mass is 16.3. The Morgan fingerprint density at radius 2 is 1.78 bits per heavy atom. The fraction of sp³-hybridized carbons (Fsp3) is 0. The number of aromatic nitrogens is 2. The number of imidazole rings is 1. The number of hydrogen-bond acceptors (Lipinski definition) is 3. The first-order valence-corrected chi connectivity index (χ1v) is 7.19. The van der Waals surface area contributed by atoms with E-state index in [0.717, 1.165) is 11.2 Å². The summed E-state index contributed by atoms with van der Waals surface area (Å²) in [5.41, 5.74) is 2.82. The molecule has 0 atom stereocenters. The van der Waals surface area contributed by atoms with Crippen molar-refractivity contribution < 1.29 is 9.90 Å². The number of amides is 1. The molecule has 4 aromatic rings. The molecular formula is C18H13N3O2. The number of phenolic OH excluding ortho intramolecular Hbond substituents is 1. The number of carbonyl (C=O) groups excluding carboxylic acids is 1. The third kappa shape index (κ3) is 2.19. The molecule has 4 rings (SSSR count). The van der Waals surface area contributed by atoms with Crippen LogP contribution in [0.4, 0.5) is 5.69 Å². The molecule has 2 heterocycles. The number of fused-ring (bicyclic) bond motifs is 3. The van der Waals surface area contributed by atoms with Crippen molar-refractivity contribution in [2.24, 2.45) is 0 Å². The van der Waals surface area contributed by atoms with E-state index in [1.165, 1.54) is 6.07 Å². The Labute approximate surface area is 131 Å². The third-order valence-electron chi connectivity index (χ3n) is 3.72. The van der Waals surface area contributed by atoms with Crippen molar-refractivity contribution in [2.75, 3.05) is 5.32 Å². The van der Waals surface area contributed by atoms with Crippen LogP contribution >= 0.6 is 0 Å². The molecule has 0 radical (unpaired) electrons. The Bertz CT molecular complexity index is 1020. The number of benzene rings is 2. The average Bonchev–Trinajstić information content (AvgIpc) is 2.93. The molecule has 0 saturated carbocycles. The van der Waals surface area contributed by atoms with Crippen LogP contribution in [0.25, 0.3) is 16.7 Å². The van der Waals surface area contributed by atoms with Crippen LogP contribution in [0.2, 0.25) is 0 Å². The van der Waals surface area contributed by atoms with Crippen LogP contribution in [0, 0.1) is 0 Å². The van der Waals surface area contributed by atoms with Gasteiger partial charge in [0.25, 0.3) is 5.91 Å². The van der Waals surface area contributed by atoms with E-state index in [9.17, 15) is 9.90 Å². The van der Waals surface area contributed by atoms with Crippen LogP contribution in [0.3, 0.4) is 0 Å². The summed E-state index contributed by atoms with van der Waals surface area (Å²) in [5, 5.41) is 13.0. The van der Waals surface area contributed by atoms with E-state index < -0.39 is 0 Å². The highest BCUT2D eigenvalue weighted by Crippen LogP contribution is 2.28. The Hall–Kier alpha value is -3.34. The maximum absolute atomic E-state index is 12.6. The van der Waals surface area contributed by atoms with Crippen LogP contribution in [0.15, 0.2) is 66.9 Å². The molecule has 1 amide bonds. The van der Waals surface area contributed by atoms with E-state index >= 15 is 0 Å². The predicted molar refractivity (Wildman–Crippen MR) is 88.8 cm³/mol. The van der Waals surface area contributed by atoms with E-state index in [1.807, 2.05) is 47.0 Å². The second kappa shape index (κ2) is 5.14. The number of hydrogen-bond donors (Lipinski definition) is 2. The van der Waals surface area contributed by atoms with Gasteiger partial charge in [0.05, 0.1) is 5.52 Å². The molecule has 0 aliphatic carbocycles. The molecule has 2 N–H and O–H groups in total. The lowest BCUT2D eigenvalue weighted by molar-refractivity contribution is 0.102. The Morgan fingerprint density at radius 3 is 2.61 bits per heavy atom. The van der Waals surface area contributed by atoms with Gasteiger partial charge < -0.3 is 10.4 Å². The number of rotatable bonds is 2. The molecule has 0 spiro atoms. The van der Waals surface area contributed by atoms with Crippen molar-refractivity contribution in [2.45, 2.75) is 0 Å². The summed E-state index contributed by atoms with van der Waals surface area (Å²) >= 11 is 0. The molecule has 0 bridgehead atoms. The van der Waals surface area contributed by atoms with Crippen molar-refractivity contribution >= 4 is 28.3 Å². The van der Waals surface area contributed by atoms with E-state index in [-0.39, 0.29) is 17.2 Å². The van der Waals surface area contributed by atoms with Crippen molar-refractivity contribution in [1.29, 1.82) is 0 Å². The van der Waals surface area contributed by atoms with Gasteiger partial charge in [-0.25, -0.2) is 4.98 Å². The van der Waals surface area contributed by atoms with Gasteiger partial charge in [-0.3, -0.25) is 9.20 Å². The van der Waals surface area contributed by atoms with E-state index in [1.54, 1.807) is 18.2 Å². The first-order chi connectivity index (χ1) is 11.2. The standard InChI is InChI=1S/C18H13N3O2/c22-14-10-9-13-17(20-15-8-4-5-11-21(13)15)16(14)18(23)19-12-6-2-1-3-7-12/h1-11,22H,(H,19,23). The van der Waals surface area contributed by atoms with Crippen LogP contribution in [0.5, 0.6) is 5.75 Å². The normalized spacial score (nSPS) is 11.0. The van der Waals surface area contributed by atoms with E-state index in [2.05, 4.69) is 10.3 Å². The number of aromatic hydroxyl groups is 1. The van der Waals surface area contributed by atoms with Crippen LogP contribution in [-0.4, -0.2) is 20.4 Å². The molecule has 2 aromatic carbocycles. The van der Waals surface area contributed by atoms with Gasteiger partial charge in [-0.1, -0.05) is 24.3 Å². The fourth-order valence-electron chi connectivity index (χ4n) is 2.66. The maximum Gasteiger partial charge on any atom is 0.261 e. The maximum atomic E-state index is 12.6. The van der Waals surface area contributed by atoms with Crippen LogP contribution < -0.4 is 5.32 Å². The predicted octanol–water partition coefficient (Wildman–Crippen LogP) is 3.45. The Kier molecular flexibility index (Phi) is 2.98. The highest BCUT2D eigenvalue weighted by Gasteiger charge is 2.19. The zero-order chi connectivity index (χ0) is 15.8. The minimum atomic E-state index is -0.386. The molecule has 0 saturated heterocycles. The third-order valence-corrected chi connectivity index (χ3v) is 3.72. The summed E-state index contributed by atoms with van der Waals surface area (Å²) in [6.45, 7) is 0. The molecule has 5 nitrogen and oxygen atoms in total. The van der Waals surface area contributed by atoms with Gasteiger partial charge in [0, 0.05) is 11.9 Å². The van der Waals surface area contributed by atoms with Gasteiger partial charge in [-0.2, -0.15) is 0 Å². The van der Waals surface area contributed by atoms with Gasteiger partial charge in [0.2, 0.25) is 0 Å². The summed E-state index contributed by atoms with van der Waals surface area (Å²) in [5.74, 6) is -0.475. The first kappa shape index (κ1) is 13.3. The summed E-state index contributed by atoms with van der Waals surface area (Å²) in [4.78, 5) is 17.1. The number of nitrogens with one attached hydrogen (secondary N) is 1. The lowest BCUT2D eigenvalue weighted by atomic mass is 10.1. The first-order valence-electron chi connectivity index (χ1n) is 7.19. The van der Waals surface area contributed by atoms with Crippen LogP contribution in [0.1, 0.15) is 10.4 Å². The number of phenols is 1. The van der Waals surface area contributed by atoms with Gasteiger partial charge in [-0.05, 0) is 36.4 Å². The quantitative estimate of drug-likeness (QED) is 0.596. The lowest BCUT2D eigenvalue weighted by Gasteiger charge is -2.07. The molecule has 2 aromatic heterocycles. The number of carbonyl (C=O) groups is 1. The number of pyridine rings is 1. The number of para-hydroxylation sites is 1. The van der Waals surface area contributed by atoms with Gasteiger partial charge in [0.15, 0.2) is 0 Å². The summed E-state index contributed by atoms with van der Waals surface area (Å²) < 4.78 is 1.88. The monoisotopic (exact) mass is 303 g/mol. The minimum absolute atomic E-state index is 0.0886. The zero-order valence-corrected chi connectivity index (χ0v) is 12.1. The molecule has 5 heteroatoms. The SMILES string of the molecule is O=C(Nc1ccccc1)c1c(O)ccc2c1nc1ccccn12. The van der Waals surface area contributed by atoms with E-state index in [0.29, 0.717) is 11.2 Å². The molecule has 0 aliphatic heterocycles. The smallest absolute Gasteiger partial charge is 0.261 e.